The van der Waals surface area contributed by atoms with Gasteiger partial charge in [-0.2, -0.15) is 0 Å². The maximum atomic E-state index is 12.9. The summed E-state index contributed by atoms with van der Waals surface area (Å²) in [6.45, 7) is -0.468. The van der Waals surface area contributed by atoms with E-state index in [1.54, 1.807) is 12.1 Å². The highest BCUT2D eigenvalue weighted by atomic mass is 16.7. The van der Waals surface area contributed by atoms with Crippen LogP contribution in [0.3, 0.4) is 0 Å². The molecular formula is C21H21NO7. The van der Waals surface area contributed by atoms with E-state index in [0.29, 0.717) is 0 Å². The highest BCUT2D eigenvalue weighted by molar-refractivity contribution is 6.21. The van der Waals surface area contributed by atoms with Gasteiger partial charge in [-0.25, -0.2) is 0 Å². The van der Waals surface area contributed by atoms with Crippen molar-refractivity contribution in [1.29, 1.82) is 0 Å². The summed E-state index contributed by atoms with van der Waals surface area (Å²) in [7, 11) is 0. The summed E-state index contributed by atoms with van der Waals surface area (Å²) in [6, 6.07) is 14.2. The molecule has 2 aliphatic heterocycles. The van der Waals surface area contributed by atoms with Crippen LogP contribution in [0.5, 0.6) is 0 Å². The number of rotatable bonds is 5. The minimum absolute atomic E-state index is 0.0894. The summed E-state index contributed by atoms with van der Waals surface area (Å²) in [4.78, 5) is 26.6. The van der Waals surface area contributed by atoms with Gasteiger partial charge < -0.3 is 24.8 Å². The molecule has 2 aromatic rings. The quantitative estimate of drug-likeness (QED) is 0.620. The molecule has 8 nitrogen and oxygen atoms in total. The molecule has 0 spiro atoms. The minimum atomic E-state index is -1.55. The number of benzene rings is 2. The zero-order valence-corrected chi connectivity index (χ0v) is 15.4. The first-order valence-electron chi connectivity index (χ1n) is 9.28. The molecule has 0 aromatic heterocycles. The van der Waals surface area contributed by atoms with Gasteiger partial charge in [0.15, 0.2) is 6.29 Å². The number of carbonyl (C=O) groups excluding carboxylic acids is 2. The van der Waals surface area contributed by atoms with Gasteiger partial charge in [0.05, 0.1) is 24.3 Å². The number of nitrogens with zero attached hydrogens (tertiary/aromatic N) is 1. The highest BCUT2D eigenvalue weighted by Gasteiger charge is 2.53. The third kappa shape index (κ3) is 3.45. The molecule has 8 heteroatoms. The van der Waals surface area contributed by atoms with E-state index in [1.807, 2.05) is 30.3 Å². The van der Waals surface area contributed by atoms with Crippen LogP contribution < -0.4 is 0 Å². The Hall–Kier alpha value is -2.62. The number of amides is 2. The van der Waals surface area contributed by atoms with Crippen LogP contribution in [0.4, 0.5) is 0 Å². The maximum absolute atomic E-state index is 12.9. The molecule has 152 valence electrons. The van der Waals surface area contributed by atoms with Crippen molar-refractivity contribution < 1.29 is 34.4 Å². The van der Waals surface area contributed by atoms with Gasteiger partial charge in [-0.3, -0.25) is 14.5 Å². The molecule has 3 N–H and O–H groups in total. The fourth-order valence-electron chi connectivity index (χ4n) is 3.71. The lowest BCUT2D eigenvalue weighted by Crippen LogP contribution is -2.65. The second-order valence-electron chi connectivity index (χ2n) is 7.02. The van der Waals surface area contributed by atoms with E-state index in [1.165, 1.54) is 12.1 Å². The molecule has 0 aliphatic carbocycles. The Morgan fingerprint density at radius 3 is 2.07 bits per heavy atom. The van der Waals surface area contributed by atoms with Gasteiger partial charge in [-0.1, -0.05) is 42.5 Å². The molecule has 0 bridgehead atoms. The number of hydrogen-bond acceptors (Lipinski definition) is 7. The zero-order chi connectivity index (χ0) is 20.5. The van der Waals surface area contributed by atoms with Crippen LogP contribution in [0, 0.1) is 0 Å². The predicted molar refractivity (Wildman–Crippen MR) is 99.7 cm³/mol. The van der Waals surface area contributed by atoms with Gasteiger partial charge in [0.1, 0.15) is 24.4 Å². The van der Waals surface area contributed by atoms with Crippen molar-refractivity contribution in [2.45, 2.75) is 37.3 Å². The number of fused-ring (bicyclic) bond motifs is 1. The SMILES string of the molecule is O=C1c2ccccc2C(=O)N1C1C(OCc2ccccc2)OC(CO)C(O)C1O. The number of ether oxygens (including phenoxy) is 2. The van der Waals surface area contributed by atoms with Gasteiger partial charge >= 0.3 is 0 Å². The van der Waals surface area contributed by atoms with E-state index in [-0.39, 0.29) is 17.7 Å². The summed E-state index contributed by atoms with van der Waals surface area (Å²) in [5.41, 5.74) is 1.24. The van der Waals surface area contributed by atoms with Crippen LogP contribution in [-0.2, 0) is 16.1 Å². The Morgan fingerprint density at radius 2 is 1.48 bits per heavy atom. The molecular weight excluding hydrogens is 378 g/mol. The fourth-order valence-corrected chi connectivity index (χ4v) is 3.71. The molecule has 2 amide bonds. The molecule has 2 aromatic carbocycles. The number of aliphatic hydroxyl groups is 3. The van der Waals surface area contributed by atoms with Crippen LogP contribution in [0.1, 0.15) is 26.3 Å². The summed E-state index contributed by atoms with van der Waals surface area (Å²) in [6.07, 6.45) is -5.39. The van der Waals surface area contributed by atoms with Crippen molar-refractivity contribution in [2.75, 3.05) is 6.61 Å². The lowest BCUT2D eigenvalue weighted by Gasteiger charge is -2.44. The molecule has 0 radical (unpaired) electrons. The first kappa shape index (κ1) is 19.7. The van der Waals surface area contributed by atoms with Crippen molar-refractivity contribution in [3.05, 3.63) is 71.3 Å². The average molecular weight is 399 g/mol. The summed E-state index contributed by atoms with van der Waals surface area (Å²) >= 11 is 0. The Bertz CT molecular complexity index is 868. The van der Waals surface area contributed by atoms with E-state index in [0.717, 1.165) is 10.5 Å². The third-order valence-electron chi connectivity index (χ3n) is 5.23. The second-order valence-corrected chi connectivity index (χ2v) is 7.02. The van der Waals surface area contributed by atoms with Gasteiger partial charge in [0.2, 0.25) is 0 Å². The van der Waals surface area contributed by atoms with E-state index in [9.17, 15) is 24.9 Å². The first-order chi connectivity index (χ1) is 14.0. The Morgan fingerprint density at radius 1 is 0.897 bits per heavy atom. The van der Waals surface area contributed by atoms with E-state index in [2.05, 4.69) is 0 Å². The Balaban J connectivity index is 1.64. The predicted octanol–water partition coefficient (Wildman–Crippen LogP) is 0.307. The number of carbonyl (C=O) groups is 2. The lowest BCUT2D eigenvalue weighted by molar-refractivity contribution is -0.282. The molecule has 1 saturated heterocycles. The summed E-state index contributed by atoms with van der Waals surface area (Å²) in [5, 5.41) is 30.5. The smallest absolute Gasteiger partial charge is 0.262 e. The van der Waals surface area contributed by atoms with Crippen LogP contribution >= 0.6 is 0 Å². The molecule has 0 saturated carbocycles. The van der Waals surface area contributed by atoms with E-state index in [4.69, 9.17) is 9.47 Å². The largest absolute Gasteiger partial charge is 0.394 e. The lowest BCUT2D eigenvalue weighted by atomic mass is 9.95. The van der Waals surface area contributed by atoms with Crippen molar-refractivity contribution in [3.8, 4) is 0 Å². The second kappa shape index (κ2) is 8.02. The standard InChI is InChI=1S/C21H21NO7/c23-10-15-17(24)18(25)16(21(29-15)28-11-12-6-2-1-3-7-12)22-19(26)13-8-4-5-9-14(13)20(22)27/h1-9,15-18,21,23-25H,10-11H2. The van der Waals surface area contributed by atoms with Gasteiger partial charge in [-0.15, -0.1) is 0 Å². The maximum Gasteiger partial charge on any atom is 0.262 e. The molecule has 1 fully saturated rings. The third-order valence-corrected chi connectivity index (χ3v) is 5.23. The number of imide groups is 1. The normalized spacial score (nSPS) is 29.2. The van der Waals surface area contributed by atoms with Gasteiger partial charge in [-0.05, 0) is 17.7 Å². The van der Waals surface area contributed by atoms with Crippen LogP contribution in [0.15, 0.2) is 54.6 Å². The zero-order valence-electron chi connectivity index (χ0n) is 15.4. The highest BCUT2D eigenvalue weighted by Crippen LogP contribution is 2.32. The fraction of sp³-hybridized carbons (Fsp3) is 0.333. The minimum Gasteiger partial charge on any atom is -0.394 e. The Labute approximate surface area is 166 Å². The van der Waals surface area contributed by atoms with Crippen molar-refractivity contribution in [1.82, 2.24) is 4.90 Å². The summed E-state index contributed by atoms with van der Waals surface area (Å²) in [5.74, 6) is -1.19. The number of hydrogen-bond donors (Lipinski definition) is 3. The van der Waals surface area contributed by atoms with Crippen molar-refractivity contribution in [3.63, 3.8) is 0 Å². The molecule has 2 heterocycles. The average Bonchev–Trinajstić information content (AvgIpc) is 3.00. The summed E-state index contributed by atoms with van der Waals surface area (Å²) < 4.78 is 11.4. The van der Waals surface area contributed by atoms with Crippen LogP contribution in [0.2, 0.25) is 0 Å². The van der Waals surface area contributed by atoms with E-state index < -0.39 is 49.1 Å². The molecule has 4 rings (SSSR count). The molecule has 5 atom stereocenters. The van der Waals surface area contributed by atoms with Crippen molar-refractivity contribution >= 4 is 11.8 Å². The molecule has 29 heavy (non-hydrogen) atoms. The van der Waals surface area contributed by atoms with E-state index >= 15 is 0 Å². The molecule has 5 unspecified atom stereocenters. The Kier molecular flexibility index (Phi) is 5.44. The first-order valence-corrected chi connectivity index (χ1v) is 9.28. The van der Waals surface area contributed by atoms with Crippen LogP contribution in [-0.4, -0.2) is 69.3 Å². The molecule has 2 aliphatic rings. The monoisotopic (exact) mass is 399 g/mol. The van der Waals surface area contributed by atoms with Gasteiger partial charge in [0, 0.05) is 0 Å². The van der Waals surface area contributed by atoms with Crippen molar-refractivity contribution in [2.24, 2.45) is 0 Å². The topological polar surface area (TPSA) is 117 Å². The van der Waals surface area contributed by atoms with Crippen LogP contribution in [0.25, 0.3) is 0 Å². The van der Waals surface area contributed by atoms with Gasteiger partial charge in [0.25, 0.3) is 11.8 Å². The number of aliphatic hydroxyl groups excluding tert-OH is 3.